The summed E-state index contributed by atoms with van der Waals surface area (Å²) in [5.74, 6) is -1.06. The molecule has 0 saturated carbocycles. The predicted octanol–water partition coefficient (Wildman–Crippen LogP) is 3.43. The van der Waals surface area contributed by atoms with E-state index in [1.807, 2.05) is 13.8 Å². The second kappa shape index (κ2) is 7.44. The van der Waals surface area contributed by atoms with Crippen LogP contribution < -0.4 is 5.32 Å². The monoisotopic (exact) mass is 257 g/mol. The van der Waals surface area contributed by atoms with Crippen LogP contribution in [0.25, 0.3) is 0 Å². The molecular formula is C14H21F2NO. The van der Waals surface area contributed by atoms with Crippen LogP contribution in [0.5, 0.6) is 0 Å². The molecule has 1 aromatic rings. The van der Waals surface area contributed by atoms with E-state index >= 15 is 0 Å². The van der Waals surface area contributed by atoms with Crippen LogP contribution in [0.15, 0.2) is 18.2 Å². The van der Waals surface area contributed by atoms with E-state index in [1.165, 1.54) is 12.1 Å². The van der Waals surface area contributed by atoms with Gasteiger partial charge in [-0.05, 0) is 32.4 Å². The maximum absolute atomic E-state index is 13.8. The Kier molecular flexibility index (Phi) is 6.22. The molecule has 2 unspecified atom stereocenters. The van der Waals surface area contributed by atoms with Crippen molar-refractivity contribution in [2.45, 2.75) is 38.8 Å². The Hall–Kier alpha value is -1.00. The maximum Gasteiger partial charge on any atom is 0.130 e. The quantitative estimate of drug-likeness (QED) is 0.808. The molecule has 0 bridgehead atoms. The molecule has 0 aliphatic heterocycles. The Morgan fingerprint density at radius 3 is 2.61 bits per heavy atom. The SMILES string of the molecule is CCCNC(CC(C)OC)c1ccc(F)cc1F. The molecule has 2 nitrogen and oxygen atoms in total. The Bertz CT molecular complexity index is 371. The molecule has 102 valence electrons. The van der Waals surface area contributed by atoms with Gasteiger partial charge in [0.2, 0.25) is 0 Å². The standard InChI is InChI=1S/C14H21F2NO/c1-4-7-17-14(8-10(2)18-3)12-6-5-11(15)9-13(12)16/h5-6,9-10,14,17H,4,7-8H2,1-3H3. The average molecular weight is 257 g/mol. The van der Waals surface area contributed by atoms with Crippen LogP contribution in [0.1, 0.15) is 38.3 Å². The van der Waals surface area contributed by atoms with E-state index in [4.69, 9.17) is 4.74 Å². The fourth-order valence-corrected chi connectivity index (χ4v) is 1.85. The topological polar surface area (TPSA) is 21.3 Å². The first-order chi connectivity index (χ1) is 8.58. The van der Waals surface area contributed by atoms with Crippen LogP contribution in [0.4, 0.5) is 8.78 Å². The lowest BCUT2D eigenvalue weighted by Gasteiger charge is -2.22. The summed E-state index contributed by atoms with van der Waals surface area (Å²) in [6.07, 6.45) is 1.63. The van der Waals surface area contributed by atoms with Gasteiger partial charge in [-0.3, -0.25) is 0 Å². The highest BCUT2D eigenvalue weighted by Gasteiger charge is 2.18. The number of hydrogen-bond donors (Lipinski definition) is 1. The second-order valence-electron chi connectivity index (χ2n) is 4.45. The predicted molar refractivity (Wildman–Crippen MR) is 68.5 cm³/mol. The Labute approximate surface area is 107 Å². The Morgan fingerprint density at radius 2 is 2.06 bits per heavy atom. The summed E-state index contributed by atoms with van der Waals surface area (Å²) in [7, 11) is 1.63. The lowest BCUT2D eigenvalue weighted by atomic mass is 10.00. The lowest BCUT2D eigenvalue weighted by molar-refractivity contribution is 0.0999. The molecule has 1 aromatic carbocycles. The van der Waals surface area contributed by atoms with Gasteiger partial charge in [0.15, 0.2) is 0 Å². The van der Waals surface area contributed by atoms with E-state index in [1.54, 1.807) is 7.11 Å². The molecule has 4 heteroatoms. The van der Waals surface area contributed by atoms with E-state index < -0.39 is 11.6 Å². The molecular weight excluding hydrogens is 236 g/mol. The largest absolute Gasteiger partial charge is 0.382 e. The zero-order chi connectivity index (χ0) is 13.5. The number of rotatable bonds is 7. The Morgan fingerprint density at radius 1 is 1.33 bits per heavy atom. The lowest BCUT2D eigenvalue weighted by Crippen LogP contribution is -2.26. The third-order valence-electron chi connectivity index (χ3n) is 2.95. The number of benzene rings is 1. The van der Waals surface area contributed by atoms with Crippen molar-refractivity contribution >= 4 is 0 Å². The Balaban J connectivity index is 2.86. The van der Waals surface area contributed by atoms with Gasteiger partial charge in [0, 0.05) is 24.8 Å². The van der Waals surface area contributed by atoms with Crippen molar-refractivity contribution in [1.29, 1.82) is 0 Å². The summed E-state index contributed by atoms with van der Waals surface area (Å²) in [6, 6.07) is 3.56. The van der Waals surface area contributed by atoms with Crippen LogP contribution in [-0.2, 0) is 4.74 Å². The van der Waals surface area contributed by atoms with E-state index in [-0.39, 0.29) is 12.1 Å². The number of halogens is 2. The van der Waals surface area contributed by atoms with Crippen molar-refractivity contribution in [1.82, 2.24) is 5.32 Å². The molecule has 0 aliphatic carbocycles. The molecule has 0 heterocycles. The van der Waals surface area contributed by atoms with Gasteiger partial charge in [0.1, 0.15) is 11.6 Å². The molecule has 0 radical (unpaired) electrons. The van der Waals surface area contributed by atoms with Gasteiger partial charge in [-0.1, -0.05) is 13.0 Å². The first-order valence-corrected chi connectivity index (χ1v) is 6.29. The fourth-order valence-electron chi connectivity index (χ4n) is 1.85. The summed E-state index contributed by atoms with van der Waals surface area (Å²) < 4.78 is 31.9. The number of methoxy groups -OCH3 is 1. The van der Waals surface area contributed by atoms with E-state index in [9.17, 15) is 8.78 Å². The van der Waals surface area contributed by atoms with Gasteiger partial charge < -0.3 is 10.1 Å². The zero-order valence-corrected chi connectivity index (χ0v) is 11.2. The first-order valence-electron chi connectivity index (χ1n) is 6.29. The van der Waals surface area contributed by atoms with Gasteiger partial charge in [-0.25, -0.2) is 8.78 Å². The molecule has 0 fully saturated rings. The normalized spacial score (nSPS) is 14.5. The van der Waals surface area contributed by atoms with Crippen LogP contribution in [0.2, 0.25) is 0 Å². The first kappa shape index (κ1) is 15.1. The smallest absolute Gasteiger partial charge is 0.130 e. The molecule has 0 amide bonds. The van der Waals surface area contributed by atoms with Gasteiger partial charge in [0.05, 0.1) is 6.10 Å². The molecule has 2 atom stereocenters. The highest BCUT2D eigenvalue weighted by atomic mass is 19.1. The van der Waals surface area contributed by atoms with Crippen LogP contribution in [0, 0.1) is 11.6 Å². The van der Waals surface area contributed by atoms with Crippen LogP contribution in [-0.4, -0.2) is 19.8 Å². The van der Waals surface area contributed by atoms with Gasteiger partial charge in [-0.15, -0.1) is 0 Å². The van der Waals surface area contributed by atoms with Gasteiger partial charge >= 0.3 is 0 Å². The van der Waals surface area contributed by atoms with Crippen molar-refractivity contribution in [3.05, 3.63) is 35.4 Å². The van der Waals surface area contributed by atoms with Gasteiger partial charge in [-0.2, -0.15) is 0 Å². The highest BCUT2D eigenvalue weighted by Crippen LogP contribution is 2.23. The third kappa shape index (κ3) is 4.35. The van der Waals surface area contributed by atoms with Crippen LogP contribution >= 0.6 is 0 Å². The third-order valence-corrected chi connectivity index (χ3v) is 2.95. The van der Waals surface area contributed by atoms with E-state index in [0.717, 1.165) is 19.0 Å². The van der Waals surface area contributed by atoms with Crippen molar-refractivity contribution in [2.24, 2.45) is 0 Å². The van der Waals surface area contributed by atoms with Crippen molar-refractivity contribution in [3.63, 3.8) is 0 Å². The number of nitrogens with one attached hydrogen (secondary N) is 1. The number of hydrogen-bond acceptors (Lipinski definition) is 2. The van der Waals surface area contributed by atoms with E-state index in [0.29, 0.717) is 12.0 Å². The summed E-state index contributed by atoms with van der Waals surface area (Å²) in [5, 5.41) is 3.27. The molecule has 18 heavy (non-hydrogen) atoms. The molecule has 0 saturated heterocycles. The maximum atomic E-state index is 13.8. The van der Waals surface area contributed by atoms with Crippen molar-refractivity contribution in [3.8, 4) is 0 Å². The average Bonchev–Trinajstić information content (AvgIpc) is 2.34. The summed E-state index contributed by atoms with van der Waals surface area (Å²) in [4.78, 5) is 0. The second-order valence-corrected chi connectivity index (χ2v) is 4.45. The van der Waals surface area contributed by atoms with Gasteiger partial charge in [0.25, 0.3) is 0 Å². The molecule has 0 spiro atoms. The summed E-state index contributed by atoms with van der Waals surface area (Å²) >= 11 is 0. The van der Waals surface area contributed by atoms with E-state index in [2.05, 4.69) is 5.32 Å². The molecule has 0 aliphatic rings. The minimum absolute atomic E-state index is 0.0174. The number of ether oxygens (including phenoxy) is 1. The minimum Gasteiger partial charge on any atom is -0.382 e. The van der Waals surface area contributed by atoms with Crippen LogP contribution in [0.3, 0.4) is 0 Å². The summed E-state index contributed by atoms with van der Waals surface area (Å²) in [5.41, 5.74) is 0.494. The fraction of sp³-hybridized carbons (Fsp3) is 0.571. The summed E-state index contributed by atoms with van der Waals surface area (Å²) in [6.45, 7) is 4.77. The molecule has 0 aromatic heterocycles. The zero-order valence-electron chi connectivity index (χ0n) is 11.2. The molecule has 1 rings (SSSR count). The highest BCUT2D eigenvalue weighted by molar-refractivity contribution is 5.22. The minimum atomic E-state index is -0.551. The van der Waals surface area contributed by atoms with Crippen molar-refractivity contribution in [2.75, 3.05) is 13.7 Å². The van der Waals surface area contributed by atoms with Crippen molar-refractivity contribution < 1.29 is 13.5 Å². The molecule has 1 N–H and O–H groups in total.